The molecule has 0 saturated carbocycles. The van der Waals surface area contributed by atoms with E-state index in [9.17, 15) is 9.59 Å². The Morgan fingerprint density at radius 2 is 2.00 bits per heavy atom. The van der Waals surface area contributed by atoms with Crippen LogP contribution < -0.4 is 10.9 Å². The molecule has 1 aromatic rings. The molecule has 0 unspecified atom stereocenters. The predicted octanol–water partition coefficient (Wildman–Crippen LogP) is -1.45. The second kappa shape index (κ2) is 4.98. The van der Waals surface area contributed by atoms with Crippen LogP contribution in [0, 0.1) is 0 Å². The van der Waals surface area contributed by atoms with E-state index in [4.69, 9.17) is 15.3 Å². The second-order valence-electron chi connectivity index (χ2n) is 3.95. The van der Waals surface area contributed by atoms with Gasteiger partial charge in [0, 0.05) is 12.1 Å². The first-order valence-corrected chi connectivity index (χ1v) is 4.88. The summed E-state index contributed by atoms with van der Waals surface area (Å²) in [5.41, 5.74) is -1.86. The average molecular weight is 242 g/mol. The molecular weight excluding hydrogens is 228 g/mol. The van der Waals surface area contributed by atoms with E-state index < -0.39 is 36.1 Å². The van der Waals surface area contributed by atoms with Crippen LogP contribution in [0.25, 0.3) is 0 Å². The molecule has 1 aromatic heterocycles. The lowest BCUT2D eigenvalue weighted by atomic mass is 10.0. The van der Waals surface area contributed by atoms with Crippen LogP contribution >= 0.6 is 0 Å². The zero-order chi connectivity index (χ0) is 13.1. The highest BCUT2D eigenvalue weighted by Gasteiger charge is 2.25. The molecule has 0 aromatic carbocycles. The van der Waals surface area contributed by atoms with Gasteiger partial charge in [0.2, 0.25) is 0 Å². The highest BCUT2D eigenvalue weighted by atomic mass is 16.3. The SMILES string of the molecule is CC(CO)(CO)NC(=O)c1cc(O)[nH]c(=O)c1. The molecule has 1 amide bonds. The lowest BCUT2D eigenvalue weighted by Crippen LogP contribution is -2.51. The molecule has 0 aliphatic carbocycles. The molecule has 0 radical (unpaired) electrons. The largest absolute Gasteiger partial charge is 0.494 e. The number of hydrogen-bond donors (Lipinski definition) is 5. The molecule has 7 nitrogen and oxygen atoms in total. The van der Waals surface area contributed by atoms with E-state index in [1.807, 2.05) is 0 Å². The third kappa shape index (κ3) is 3.30. The Kier molecular flexibility index (Phi) is 3.87. The van der Waals surface area contributed by atoms with E-state index in [2.05, 4.69) is 10.3 Å². The van der Waals surface area contributed by atoms with Gasteiger partial charge in [-0.1, -0.05) is 0 Å². The topological polar surface area (TPSA) is 123 Å². The summed E-state index contributed by atoms with van der Waals surface area (Å²) in [5, 5.41) is 29.5. The van der Waals surface area contributed by atoms with E-state index in [0.717, 1.165) is 12.1 Å². The quantitative estimate of drug-likeness (QED) is 0.442. The first-order valence-electron chi connectivity index (χ1n) is 4.88. The van der Waals surface area contributed by atoms with Crippen molar-refractivity contribution in [1.29, 1.82) is 0 Å². The molecule has 5 N–H and O–H groups in total. The minimum absolute atomic E-state index is 0.0561. The molecule has 0 spiro atoms. The molecule has 17 heavy (non-hydrogen) atoms. The molecule has 1 rings (SSSR count). The van der Waals surface area contributed by atoms with E-state index in [-0.39, 0.29) is 5.56 Å². The van der Waals surface area contributed by atoms with E-state index in [0.29, 0.717) is 0 Å². The molecule has 0 fully saturated rings. The van der Waals surface area contributed by atoms with Gasteiger partial charge >= 0.3 is 0 Å². The summed E-state index contributed by atoms with van der Waals surface area (Å²) in [6, 6.07) is 2.08. The van der Waals surface area contributed by atoms with Crippen molar-refractivity contribution in [3.05, 3.63) is 28.0 Å². The maximum absolute atomic E-state index is 11.7. The van der Waals surface area contributed by atoms with Crippen LogP contribution in [0.3, 0.4) is 0 Å². The van der Waals surface area contributed by atoms with Gasteiger partial charge in [0.05, 0.1) is 24.3 Å². The molecule has 0 aliphatic heterocycles. The van der Waals surface area contributed by atoms with Crippen LogP contribution in [0.1, 0.15) is 17.3 Å². The number of H-pyrrole nitrogens is 1. The van der Waals surface area contributed by atoms with Crippen molar-refractivity contribution in [3.63, 3.8) is 0 Å². The Labute approximate surface area is 96.7 Å². The van der Waals surface area contributed by atoms with Crippen LogP contribution in [0.2, 0.25) is 0 Å². The van der Waals surface area contributed by atoms with E-state index in [1.165, 1.54) is 6.92 Å². The van der Waals surface area contributed by atoms with Crippen LogP contribution in [0.15, 0.2) is 16.9 Å². The van der Waals surface area contributed by atoms with Crippen LogP contribution in [0.5, 0.6) is 5.88 Å². The fourth-order valence-corrected chi connectivity index (χ4v) is 1.13. The van der Waals surface area contributed by atoms with Crippen molar-refractivity contribution in [1.82, 2.24) is 10.3 Å². The number of amides is 1. The number of rotatable bonds is 4. The smallest absolute Gasteiger partial charge is 0.252 e. The Bertz CT molecular complexity index is 464. The summed E-state index contributed by atoms with van der Waals surface area (Å²) >= 11 is 0. The summed E-state index contributed by atoms with van der Waals surface area (Å²) in [7, 11) is 0. The summed E-state index contributed by atoms with van der Waals surface area (Å²) in [4.78, 5) is 24.8. The first-order chi connectivity index (χ1) is 7.90. The molecule has 0 aliphatic rings. The molecule has 7 heteroatoms. The highest BCUT2D eigenvalue weighted by molar-refractivity contribution is 5.94. The molecular formula is C10H14N2O5. The second-order valence-corrected chi connectivity index (χ2v) is 3.95. The van der Waals surface area contributed by atoms with Gasteiger partial charge < -0.3 is 20.6 Å². The number of hydrogen-bond acceptors (Lipinski definition) is 5. The monoisotopic (exact) mass is 242 g/mol. The zero-order valence-electron chi connectivity index (χ0n) is 9.23. The number of aliphatic hydroxyl groups excluding tert-OH is 2. The van der Waals surface area contributed by atoms with Crippen molar-refractivity contribution < 1.29 is 20.1 Å². The number of aromatic hydroxyl groups is 1. The Morgan fingerprint density at radius 1 is 1.41 bits per heavy atom. The fourth-order valence-electron chi connectivity index (χ4n) is 1.13. The van der Waals surface area contributed by atoms with Crippen molar-refractivity contribution in [3.8, 4) is 5.88 Å². The van der Waals surface area contributed by atoms with Crippen LogP contribution in [-0.2, 0) is 0 Å². The Hall–Kier alpha value is -1.86. The van der Waals surface area contributed by atoms with Crippen LogP contribution in [0.4, 0.5) is 0 Å². The number of aromatic nitrogens is 1. The summed E-state index contributed by atoms with van der Waals surface area (Å²) < 4.78 is 0. The normalized spacial score (nSPS) is 11.2. The molecule has 0 atom stereocenters. The number of nitrogens with one attached hydrogen (secondary N) is 2. The van der Waals surface area contributed by atoms with Gasteiger partial charge in [-0.15, -0.1) is 0 Å². The first kappa shape index (κ1) is 13.2. The molecule has 94 valence electrons. The third-order valence-electron chi connectivity index (χ3n) is 2.21. The predicted molar refractivity (Wildman–Crippen MR) is 58.8 cm³/mol. The minimum Gasteiger partial charge on any atom is -0.494 e. The average Bonchev–Trinajstić information content (AvgIpc) is 2.27. The lowest BCUT2D eigenvalue weighted by Gasteiger charge is -2.26. The van der Waals surface area contributed by atoms with Gasteiger partial charge in [-0.25, -0.2) is 0 Å². The third-order valence-corrected chi connectivity index (χ3v) is 2.21. The maximum Gasteiger partial charge on any atom is 0.252 e. The van der Waals surface area contributed by atoms with Gasteiger partial charge in [-0.3, -0.25) is 14.6 Å². The Balaban J connectivity index is 2.94. The summed E-state index contributed by atoms with van der Waals surface area (Å²) in [5.74, 6) is -1.10. The summed E-state index contributed by atoms with van der Waals surface area (Å²) in [6.45, 7) is 0.534. The molecule has 0 saturated heterocycles. The van der Waals surface area contributed by atoms with Gasteiger partial charge in [-0.05, 0) is 6.92 Å². The molecule has 0 bridgehead atoms. The van der Waals surface area contributed by atoms with Gasteiger partial charge in [0.1, 0.15) is 0 Å². The minimum atomic E-state index is -1.19. The van der Waals surface area contributed by atoms with Gasteiger partial charge in [-0.2, -0.15) is 0 Å². The van der Waals surface area contributed by atoms with Gasteiger partial charge in [0.15, 0.2) is 5.88 Å². The maximum atomic E-state index is 11.7. The van der Waals surface area contributed by atoms with Crippen molar-refractivity contribution in [2.45, 2.75) is 12.5 Å². The fraction of sp³-hybridized carbons (Fsp3) is 0.400. The van der Waals surface area contributed by atoms with E-state index >= 15 is 0 Å². The Morgan fingerprint density at radius 3 is 2.47 bits per heavy atom. The van der Waals surface area contributed by atoms with E-state index in [1.54, 1.807) is 0 Å². The number of aliphatic hydroxyl groups is 2. The van der Waals surface area contributed by atoms with Gasteiger partial charge in [0.25, 0.3) is 11.5 Å². The number of pyridine rings is 1. The van der Waals surface area contributed by atoms with Crippen molar-refractivity contribution in [2.24, 2.45) is 0 Å². The number of carbonyl (C=O) groups excluding carboxylic acids is 1. The lowest BCUT2D eigenvalue weighted by molar-refractivity contribution is 0.0723. The van der Waals surface area contributed by atoms with Crippen molar-refractivity contribution >= 4 is 5.91 Å². The molecule has 1 heterocycles. The van der Waals surface area contributed by atoms with Crippen molar-refractivity contribution in [2.75, 3.05) is 13.2 Å². The van der Waals surface area contributed by atoms with Crippen LogP contribution in [-0.4, -0.2) is 45.0 Å². The number of carbonyl (C=O) groups is 1. The highest BCUT2D eigenvalue weighted by Crippen LogP contribution is 2.07. The number of aromatic amines is 1. The summed E-state index contributed by atoms with van der Waals surface area (Å²) in [6.07, 6.45) is 0. The standard InChI is InChI=1S/C10H14N2O5/c1-10(4-13,5-14)12-9(17)6-2-7(15)11-8(16)3-6/h2-3,13-14H,4-5H2,1H3,(H,12,17)(H2,11,15,16). The zero-order valence-corrected chi connectivity index (χ0v) is 9.23.